The molecule has 0 saturated carbocycles. The van der Waals surface area contributed by atoms with Gasteiger partial charge in [0.1, 0.15) is 11.6 Å². The molecule has 5 heteroatoms. The number of carbonyl (C=O) groups is 2. The summed E-state index contributed by atoms with van der Waals surface area (Å²) in [6.45, 7) is 0.0905. The van der Waals surface area contributed by atoms with Crippen molar-refractivity contribution < 1.29 is 19.1 Å². The number of fused-ring (bicyclic) bond motifs is 2. The van der Waals surface area contributed by atoms with Crippen LogP contribution >= 0.6 is 0 Å². The van der Waals surface area contributed by atoms with Crippen molar-refractivity contribution in [3.05, 3.63) is 137 Å². The molecule has 1 aliphatic heterocycles. The largest absolute Gasteiger partial charge is 0.507 e. The van der Waals surface area contributed by atoms with Crippen LogP contribution in [0.15, 0.2) is 115 Å². The molecule has 1 fully saturated rings. The van der Waals surface area contributed by atoms with Gasteiger partial charge in [-0.15, -0.1) is 0 Å². The number of aliphatic hydroxyl groups is 1. The van der Waals surface area contributed by atoms with Crippen LogP contribution in [0.25, 0.3) is 27.3 Å². The molecule has 6 rings (SSSR count). The molecular weight excluding hydrogens is 465 g/mol. The number of hydrogen-bond acceptors (Lipinski definition) is 3. The van der Waals surface area contributed by atoms with E-state index < -0.39 is 17.7 Å². The molecule has 4 nitrogen and oxygen atoms in total. The highest BCUT2D eigenvalue weighted by Crippen LogP contribution is 2.42. The molecule has 1 atom stereocenters. The highest BCUT2D eigenvalue weighted by molar-refractivity contribution is 6.46. The van der Waals surface area contributed by atoms with Crippen molar-refractivity contribution in [3.8, 4) is 0 Å². The summed E-state index contributed by atoms with van der Waals surface area (Å²) in [6.07, 6.45) is 0. The van der Waals surface area contributed by atoms with Crippen LogP contribution in [0.1, 0.15) is 22.7 Å². The van der Waals surface area contributed by atoms with Gasteiger partial charge in [0.15, 0.2) is 0 Å². The molecule has 0 radical (unpaired) electrons. The second-order valence-corrected chi connectivity index (χ2v) is 9.18. The summed E-state index contributed by atoms with van der Waals surface area (Å²) in [5, 5.41) is 15.3. The van der Waals surface area contributed by atoms with Crippen molar-refractivity contribution in [3.63, 3.8) is 0 Å². The molecule has 5 aromatic rings. The van der Waals surface area contributed by atoms with Crippen molar-refractivity contribution in [1.29, 1.82) is 0 Å². The van der Waals surface area contributed by atoms with Gasteiger partial charge in [-0.05, 0) is 50.9 Å². The Kier molecular flexibility index (Phi) is 5.53. The number of aliphatic hydroxyl groups excluding tert-OH is 1. The summed E-state index contributed by atoms with van der Waals surface area (Å²) < 4.78 is 13.5. The van der Waals surface area contributed by atoms with E-state index in [4.69, 9.17) is 0 Å². The topological polar surface area (TPSA) is 57.6 Å². The molecule has 1 aliphatic rings. The Balaban J connectivity index is 1.56. The number of carbonyl (C=O) groups excluding carboxylic acids is 2. The van der Waals surface area contributed by atoms with Gasteiger partial charge in [0, 0.05) is 12.1 Å². The molecule has 180 valence electrons. The second-order valence-electron chi connectivity index (χ2n) is 9.18. The minimum atomic E-state index is -0.817. The number of hydrogen-bond donors (Lipinski definition) is 1. The first-order chi connectivity index (χ1) is 18.0. The summed E-state index contributed by atoms with van der Waals surface area (Å²) in [5.74, 6) is -2.05. The number of halogens is 1. The van der Waals surface area contributed by atoms with Crippen LogP contribution in [0.3, 0.4) is 0 Å². The Labute approximate surface area is 212 Å². The van der Waals surface area contributed by atoms with Crippen molar-refractivity contribution in [2.75, 3.05) is 0 Å². The SMILES string of the molecule is O=C1C(=O)N(Cc2ccc(F)cc2)C(c2cccc3ccccc23)/C1=C(/O)c1ccc2ccccc2c1. The van der Waals surface area contributed by atoms with Crippen LogP contribution < -0.4 is 0 Å². The molecule has 1 heterocycles. The average Bonchev–Trinajstić information content (AvgIpc) is 3.18. The fourth-order valence-corrected chi connectivity index (χ4v) is 5.13. The minimum Gasteiger partial charge on any atom is -0.507 e. The molecule has 0 aliphatic carbocycles. The van der Waals surface area contributed by atoms with Gasteiger partial charge in [0.05, 0.1) is 11.6 Å². The lowest BCUT2D eigenvalue weighted by Crippen LogP contribution is -2.29. The van der Waals surface area contributed by atoms with Crippen molar-refractivity contribution >= 4 is 39.0 Å². The monoisotopic (exact) mass is 487 g/mol. The zero-order valence-corrected chi connectivity index (χ0v) is 19.8. The zero-order chi connectivity index (χ0) is 25.5. The van der Waals surface area contributed by atoms with Gasteiger partial charge >= 0.3 is 0 Å². The highest BCUT2D eigenvalue weighted by atomic mass is 19.1. The molecule has 1 amide bonds. The smallest absolute Gasteiger partial charge is 0.295 e. The van der Waals surface area contributed by atoms with Crippen molar-refractivity contribution in [1.82, 2.24) is 4.90 Å². The third kappa shape index (κ3) is 3.95. The third-order valence-electron chi connectivity index (χ3n) is 6.95. The van der Waals surface area contributed by atoms with Crippen LogP contribution in [0.5, 0.6) is 0 Å². The van der Waals surface area contributed by atoms with Gasteiger partial charge < -0.3 is 10.0 Å². The predicted octanol–water partition coefficient (Wildman–Crippen LogP) is 6.75. The fourth-order valence-electron chi connectivity index (χ4n) is 5.13. The lowest BCUT2D eigenvalue weighted by Gasteiger charge is -2.26. The molecule has 5 aromatic carbocycles. The summed E-state index contributed by atoms with van der Waals surface area (Å²) in [4.78, 5) is 28.4. The Bertz CT molecular complexity index is 1720. The van der Waals surface area contributed by atoms with Crippen molar-refractivity contribution in [2.24, 2.45) is 0 Å². The lowest BCUT2D eigenvalue weighted by atomic mass is 9.91. The number of ketones is 1. The van der Waals surface area contributed by atoms with E-state index in [1.54, 1.807) is 18.2 Å². The molecule has 0 bridgehead atoms. The maximum absolute atomic E-state index is 13.5. The van der Waals surface area contributed by atoms with Gasteiger partial charge in [0.2, 0.25) is 0 Å². The number of likely N-dealkylation sites (tertiary alicyclic amines) is 1. The Morgan fingerprint density at radius 1 is 0.757 bits per heavy atom. The zero-order valence-electron chi connectivity index (χ0n) is 19.8. The Morgan fingerprint density at radius 2 is 1.43 bits per heavy atom. The van der Waals surface area contributed by atoms with Crippen molar-refractivity contribution in [2.45, 2.75) is 12.6 Å². The maximum Gasteiger partial charge on any atom is 0.295 e. The van der Waals surface area contributed by atoms with Gasteiger partial charge in [-0.25, -0.2) is 4.39 Å². The van der Waals surface area contributed by atoms with E-state index in [0.717, 1.165) is 27.1 Å². The molecule has 0 aromatic heterocycles. The number of amides is 1. The number of nitrogens with zero attached hydrogens (tertiary/aromatic N) is 1. The summed E-state index contributed by atoms with van der Waals surface area (Å²) in [7, 11) is 0. The van der Waals surface area contributed by atoms with Gasteiger partial charge in [0.25, 0.3) is 11.7 Å². The van der Waals surface area contributed by atoms with E-state index >= 15 is 0 Å². The quantitative estimate of drug-likeness (QED) is 0.173. The highest BCUT2D eigenvalue weighted by Gasteiger charge is 2.46. The van der Waals surface area contributed by atoms with Crippen LogP contribution in [0.2, 0.25) is 0 Å². The van der Waals surface area contributed by atoms with E-state index in [0.29, 0.717) is 11.1 Å². The van der Waals surface area contributed by atoms with Gasteiger partial charge in [-0.1, -0.05) is 91.0 Å². The van der Waals surface area contributed by atoms with E-state index in [2.05, 4.69) is 0 Å². The van der Waals surface area contributed by atoms with E-state index in [-0.39, 0.29) is 23.7 Å². The first kappa shape index (κ1) is 22.7. The Morgan fingerprint density at radius 3 is 2.22 bits per heavy atom. The summed E-state index contributed by atoms with van der Waals surface area (Å²) in [5.41, 5.74) is 1.92. The first-order valence-corrected chi connectivity index (χ1v) is 12.0. The Hall–Kier alpha value is -4.77. The maximum atomic E-state index is 13.5. The molecule has 0 spiro atoms. The van der Waals surface area contributed by atoms with Crippen LogP contribution in [0.4, 0.5) is 4.39 Å². The number of benzene rings is 5. The minimum absolute atomic E-state index is 0.0405. The van der Waals surface area contributed by atoms with E-state index in [1.807, 2.05) is 78.9 Å². The molecule has 1 saturated heterocycles. The predicted molar refractivity (Wildman–Crippen MR) is 142 cm³/mol. The van der Waals surface area contributed by atoms with Crippen LogP contribution in [0, 0.1) is 5.82 Å². The standard InChI is InChI=1S/C32H22FNO3/c33-25-16-12-20(13-17-25)19-34-29(27-11-5-9-22-7-3-4-10-26(22)27)28(31(36)32(34)37)30(35)24-15-14-21-6-1-2-8-23(21)18-24/h1-18,29,35H,19H2/b30-28-. The molecular formula is C32H22FNO3. The fraction of sp³-hybridized carbons (Fsp3) is 0.0625. The van der Waals surface area contributed by atoms with Crippen LogP contribution in [-0.4, -0.2) is 21.7 Å². The lowest BCUT2D eigenvalue weighted by molar-refractivity contribution is -0.140. The average molecular weight is 488 g/mol. The first-order valence-electron chi connectivity index (χ1n) is 12.0. The molecule has 1 unspecified atom stereocenters. The normalized spacial score (nSPS) is 17.1. The van der Waals surface area contributed by atoms with Gasteiger partial charge in [-0.2, -0.15) is 0 Å². The van der Waals surface area contributed by atoms with Gasteiger partial charge in [-0.3, -0.25) is 9.59 Å². The second kappa shape index (κ2) is 9.03. The summed E-state index contributed by atoms with van der Waals surface area (Å²) in [6, 6.07) is 31.7. The van der Waals surface area contributed by atoms with Crippen LogP contribution in [-0.2, 0) is 16.1 Å². The molecule has 1 N–H and O–H groups in total. The number of rotatable bonds is 4. The summed E-state index contributed by atoms with van der Waals surface area (Å²) >= 11 is 0. The third-order valence-corrected chi connectivity index (χ3v) is 6.95. The van der Waals surface area contributed by atoms with E-state index in [9.17, 15) is 19.1 Å². The van der Waals surface area contributed by atoms with E-state index in [1.165, 1.54) is 17.0 Å². The molecule has 37 heavy (non-hydrogen) atoms. The number of Topliss-reactive ketones (excluding diaryl/α,β-unsaturated/α-hetero) is 1.